The van der Waals surface area contributed by atoms with Crippen LogP contribution in [-0.2, 0) is 19.4 Å². The van der Waals surface area contributed by atoms with E-state index in [1.165, 1.54) is 10.9 Å². The van der Waals surface area contributed by atoms with E-state index in [0.29, 0.717) is 0 Å². The number of aromatic hydroxyl groups is 1. The summed E-state index contributed by atoms with van der Waals surface area (Å²) in [7, 11) is 0. The Morgan fingerprint density at radius 1 is 1.00 bits per heavy atom. The van der Waals surface area contributed by atoms with Gasteiger partial charge >= 0.3 is 0 Å². The lowest BCUT2D eigenvalue weighted by Gasteiger charge is -2.06. The van der Waals surface area contributed by atoms with Gasteiger partial charge in [0.15, 0.2) is 0 Å². The van der Waals surface area contributed by atoms with Crippen molar-refractivity contribution in [1.29, 1.82) is 0 Å². The molecule has 0 fully saturated rings. The Morgan fingerprint density at radius 3 is 2.38 bits per heavy atom. The first-order chi connectivity index (χ1) is 13.7. The largest absolute Gasteiger partial charge is 0.480 e. The van der Waals surface area contributed by atoms with Gasteiger partial charge in [0.1, 0.15) is 0 Å². The Kier molecular flexibility index (Phi) is 8.44. The van der Waals surface area contributed by atoms with Crippen LogP contribution in [0, 0.1) is 0 Å². The smallest absolute Gasteiger partial charge is 0.294 e. The Morgan fingerprint density at radius 2 is 1.69 bits per heavy atom. The third kappa shape index (κ3) is 5.69. The zero-order valence-electron chi connectivity index (χ0n) is 16.5. The predicted molar refractivity (Wildman–Crippen MR) is 122 cm³/mol. The summed E-state index contributed by atoms with van der Waals surface area (Å²) in [6.45, 7) is 6.49. The molecule has 0 amide bonds. The molecular formula is C24H26ClN3O. The molecule has 4 aromatic rings. The van der Waals surface area contributed by atoms with E-state index in [-0.39, 0.29) is 18.4 Å². The third-order valence-electron chi connectivity index (χ3n) is 4.52. The molecule has 0 saturated heterocycles. The number of nitrogens with zero attached hydrogens (tertiary/aromatic N) is 3. The summed E-state index contributed by atoms with van der Waals surface area (Å²) in [5.41, 5.74) is 4.24. The number of halogens is 1. The lowest BCUT2D eigenvalue weighted by Crippen LogP contribution is -2.02. The molecule has 4 rings (SSSR count). The Balaban J connectivity index is 0.000000231. The van der Waals surface area contributed by atoms with Crippen molar-refractivity contribution >= 4 is 23.3 Å². The second-order valence-electron chi connectivity index (χ2n) is 6.40. The number of pyridine rings is 1. The van der Waals surface area contributed by atoms with Gasteiger partial charge in [0.25, 0.3) is 6.01 Å². The van der Waals surface area contributed by atoms with Gasteiger partial charge in [-0.3, -0.25) is 9.55 Å². The number of benzene rings is 2. The van der Waals surface area contributed by atoms with Gasteiger partial charge in [0, 0.05) is 36.7 Å². The van der Waals surface area contributed by atoms with E-state index >= 15 is 0 Å². The van der Waals surface area contributed by atoms with Crippen molar-refractivity contribution in [2.45, 2.75) is 26.3 Å². The molecule has 2 aromatic carbocycles. The van der Waals surface area contributed by atoms with E-state index in [1.807, 2.05) is 66.2 Å². The lowest BCUT2D eigenvalue weighted by molar-refractivity contribution is 0.399. The fraction of sp³-hybridized carbons (Fsp3) is 0.167. The first kappa shape index (κ1) is 22.2. The van der Waals surface area contributed by atoms with Crippen LogP contribution in [0.3, 0.4) is 0 Å². The molecule has 4 nitrogen and oxygen atoms in total. The van der Waals surface area contributed by atoms with Gasteiger partial charge in [0.2, 0.25) is 0 Å². The topological polar surface area (TPSA) is 50.9 Å². The second kappa shape index (κ2) is 11.0. The van der Waals surface area contributed by atoms with E-state index in [9.17, 15) is 5.11 Å². The van der Waals surface area contributed by atoms with E-state index in [0.717, 1.165) is 36.3 Å². The minimum absolute atomic E-state index is 0. The molecule has 0 radical (unpaired) electrons. The molecule has 0 atom stereocenters. The van der Waals surface area contributed by atoms with Crippen molar-refractivity contribution in [2.24, 2.45) is 0 Å². The van der Waals surface area contributed by atoms with Crippen LogP contribution in [0.1, 0.15) is 23.9 Å². The Hall–Kier alpha value is -3.11. The van der Waals surface area contributed by atoms with Crippen molar-refractivity contribution in [2.75, 3.05) is 0 Å². The minimum atomic E-state index is 0. The number of fused-ring (bicyclic) bond motifs is 1. The molecule has 5 heteroatoms. The summed E-state index contributed by atoms with van der Waals surface area (Å²) in [5, 5.41) is 11.0. The Labute approximate surface area is 178 Å². The zero-order chi connectivity index (χ0) is 19.8. The standard InChI is InChI=1S/C15H18N2O.C9H7N.ClH/c1-3-8-14-13(16-15(18)17(14)4-2)11-12-9-6-5-7-10-12;1-2-6-9-8(4-1)5-3-7-10-9;/h3,5-7,9-10H,1,4,8,11H2,2H3,(H,16,18);1-7H;1H. The number of para-hydroxylation sites is 1. The van der Waals surface area contributed by atoms with E-state index in [1.54, 1.807) is 0 Å². The predicted octanol–water partition coefficient (Wildman–Crippen LogP) is 5.58. The molecule has 0 bridgehead atoms. The molecule has 0 aliphatic heterocycles. The molecule has 0 spiro atoms. The highest BCUT2D eigenvalue weighted by atomic mass is 35.5. The number of hydrogen-bond acceptors (Lipinski definition) is 3. The van der Waals surface area contributed by atoms with Crippen LogP contribution in [0.25, 0.3) is 10.9 Å². The number of rotatable bonds is 5. The van der Waals surface area contributed by atoms with Crippen LogP contribution in [-0.4, -0.2) is 19.6 Å². The normalized spacial score (nSPS) is 9.97. The summed E-state index contributed by atoms with van der Waals surface area (Å²) in [6.07, 6.45) is 5.12. The lowest BCUT2D eigenvalue weighted by atomic mass is 10.1. The number of imidazole rings is 1. The maximum Gasteiger partial charge on any atom is 0.294 e. The Bertz CT molecular complexity index is 979. The monoisotopic (exact) mass is 407 g/mol. The zero-order valence-corrected chi connectivity index (χ0v) is 17.3. The number of aromatic nitrogens is 3. The van der Waals surface area contributed by atoms with E-state index < -0.39 is 0 Å². The van der Waals surface area contributed by atoms with Crippen molar-refractivity contribution in [3.05, 3.63) is 103 Å². The highest BCUT2D eigenvalue weighted by molar-refractivity contribution is 5.85. The number of hydrogen-bond donors (Lipinski definition) is 1. The minimum Gasteiger partial charge on any atom is -0.480 e. The van der Waals surface area contributed by atoms with E-state index in [2.05, 4.69) is 40.8 Å². The molecule has 29 heavy (non-hydrogen) atoms. The van der Waals surface area contributed by atoms with Gasteiger partial charge in [-0.2, -0.15) is 4.98 Å². The van der Waals surface area contributed by atoms with Crippen molar-refractivity contribution in [3.8, 4) is 6.01 Å². The fourth-order valence-electron chi connectivity index (χ4n) is 3.17. The van der Waals surface area contributed by atoms with Gasteiger partial charge in [0.05, 0.1) is 11.2 Å². The van der Waals surface area contributed by atoms with Crippen LogP contribution in [0.4, 0.5) is 0 Å². The average Bonchev–Trinajstić information content (AvgIpc) is 3.03. The molecule has 0 saturated carbocycles. The third-order valence-corrected chi connectivity index (χ3v) is 4.52. The van der Waals surface area contributed by atoms with Crippen LogP contribution in [0.15, 0.2) is 85.6 Å². The second-order valence-corrected chi connectivity index (χ2v) is 6.40. The summed E-state index contributed by atoms with van der Waals surface area (Å²) < 4.78 is 1.83. The van der Waals surface area contributed by atoms with Gasteiger partial charge < -0.3 is 5.11 Å². The molecule has 0 unspecified atom stereocenters. The quantitative estimate of drug-likeness (QED) is 0.439. The maximum absolute atomic E-state index is 9.83. The molecule has 2 aromatic heterocycles. The molecule has 0 aliphatic carbocycles. The van der Waals surface area contributed by atoms with Gasteiger partial charge in [-0.15, -0.1) is 19.0 Å². The van der Waals surface area contributed by atoms with Crippen molar-refractivity contribution in [1.82, 2.24) is 14.5 Å². The van der Waals surface area contributed by atoms with Gasteiger partial charge in [-0.1, -0.05) is 60.7 Å². The van der Waals surface area contributed by atoms with Crippen LogP contribution in [0.2, 0.25) is 0 Å². The number of allylic oxidation sites excluding steroid dienone is 1. The first-order valence-electron chi connectivity index (χ1n) is 9.44. The highest BCUT2D eigenvalue weighted by Crippen LogP contribution is 2.20. The summed E-state index contributed by atoms with van der Waals surface area (Å²) in [4.78, 5) is 8.45. The molecule has 0 aliphatic rings. The van der Waals surface area contributed by atoms with Crippen molar-refractivity contribution in [3.63, 3.8) is 0 Å². The van der Waals surface area contributed by atoms with E-state index in [4.69, 9.17) is 0 Å². The molecular weight excluding hydrogens is 382 g/mol. The summed E-state index contributed by atoms with van der Waals surface area (Å²) >= 11 is 0. The molecule has 150 valence electrons. The van der Waals surface area contributed by atoms with Crippen LogP contribution >= 0.6 is 12.4 Å². The maximum atomic E-state index is 9.83. The van der Waals surface area contributed by atoms with Gasteiger partial charge in [-0.25, -0.2) is 0 Å². The fourth-order valence-corrected chi connectivity index (χ4v) is 3.17. The molecule has 1 N–H and O–H groups in total. The van der Waals surface area contributed by atoms with Crippen LogP contribution < -0.4 is 0 Å². The summed E-state index contributed by atoms with van der Waals surface area (Å²) in [5.74, 6) is 0. The van der Waals surface area contributed by atoms with Crippen LogP contribution in [0.5, 0.6) is 6.01 Å². The van der Waals surface area contributed by atoms with Gasteiger partial charge in [-0.05, 0) is 24.6 Å². The van der Waals surface area contributed by atoms with Crippen molar-refractivity contribution < 1.29 is 5.11 Å². The molecule has 2 heterocycles. The SMILES string of the molecule is C=CCc1c(Cc2ccccc2)nc(O)n1CC.Cl.c1ccc2ncccc2c1. The summed E-state index contributed by atoms with van der Waals surface area (Å²) in [6, 6.07) is 22.3. The first-order valence-corrected chi connectivity index (χ1v) is 9.44. The highest BCUT2D eigenvalue weighted by Gasteiger charge is 2.14. The average molecular weight is 408 g/mol.